The fourth-order valence-corrected chi connectivity index (χ4v) is 1.10. The number of aromatic carboxylic acids is 1. The van der Waals surface area contributed by atoms with Crippen LogP contribution in [0.3, 0.4) is 0 Å². The highest BCUT2D eigenvalue weighted by Gasteiger charge is 2.16. The third-order valence-corrected chi connectivity index (χ3v) is 1.80. The summed E-state index contributed by atoms with van der Waals surface area (Å²) in [4.78, 5) is 20.4. The third-order valence-electron chi connectivity index (χ3n) is 1.80. The van der Waals surface area contributed by atoms with E-state index in [1.165, 1.54) is 13.0 Å². The van der Waals surface area contributed by atoms with Gasteiger partial charge in [0.15, 0.2) is 0 Å². The SMILES string of the molecule is [B]c1cc(C)c([N+](=O)[O-])cc1C(=O)O. The molecule has 70 valence electrons. The van der Waals surface area contributed by atoms with Crippen molar-refractivity contribution >= 4 is 25.0 Å². The molecule has 14 heavy (non-hydrogen) atoms. The number of carboxylic acids is 1. The Kier molecular flexibility index (Phi) is 2.55. The van der Waals surface area contributed by atoms with Gasteiger partial charge in [-0.15, -0.1) is 0 Å². The predicted molar refractivity (Wildman–Crippen MR) is 50.2 cm³/mol. The van der Waals surface area contributed by atoms with Crippen LogP contribution in [0.4, 0.5) is 5.69 Å². The minimum absolute atomic E-state index is 0.0283. The van der Waals surface area contributed by atoms with Gasteiger partial charge in [0.25, 0.3) is 5.69 Å². The largest absolute Gasteiger partial charge is 0.478 e. The molecule has 0 amide bonds. The number of nitrogens with zero attached hydrogens (tertiary/aromatic N) is 1. The molecule has 1 rings (SSSR count). The van der Waals surface area contributed by atoms with Crippen molar-refractivity contribution in [3.8, 4) is 0 Å². The molecule has 0 spiro atoms. The van der Waals surface area contributed by atoms with Crippen molar-refractivity contribution in [3.05, 3.63) is 33.4 Å². The predicted octanol–water partition coefficient (Wildman–Crippen LogP) is 0.395. The first-order chi connectivity index (χ1) is 6.43. The molecule has 1 N–H and O–H groups in total. The maximum Gasteiger partial charge on any atom is 0.335 e. The van der Waals surface area contributed by atoms with E-state index in [4.69, 9.17) is 13.0 Å². The van der Waals surface area contributed by atoms with Gasteiger partial charge in [-0.1, -0.05) is 11.5 Å². The molecular formula is C8H6BNO4. The lowest BCUT2D eigenvalue weighted by Crippen LogP contribution is -2.16. The number of benzene rings is 1. The molecule has 0 aliphatic carbocycles. The molecule has 0 unspecified atom stereocenters. The molecule has 0 aliphatic rings. The summed E-state index contributed by atoms with van der Waals surface area (Å²) in [6, 6.07) is 2.24. The van der Waals surface area contributed by atoms with Crippen LogP contribution in [0, 0.1) is 17.0 Å². The molecule has 2 radical (unpaired) electrons. The number of aryl methyl sites for hydroxylation is 1. The van der Waals surface area contributed by atoms with Crippen LogP contribution in [0.5, 0.6) is 0 Å². The van der Waals surface area contributed by atoms with E-state index < -0.39 is 10.9 Å². The summed E-state index contributed by atoms with van der Waals surface area (Å²) in [6.07, 6.45) is 0. The molecule has 6 heteroatoms. The van der Waals surface area contributed by atoms with Crippen LogP contribution in [-0.4, -0.2) is 23.8 Å². The molecule has 0 aliphatic heterocycles. The van der Waals surface area contributed by atoms with E-state index >= 15 is 0 Å². The second-order valence-corrected chi connectivity index (χ2v) is 2.79. The van der Waals surface area contributed by atoms with E-state index in [0.717, 1.165) is 6.07 Å². The van der Waals surface area contributed by atoms with Gasteiger partial charge in [0.1, 0.15) is 7.85 Å². The van der Waals surface area contributed by atoms with Crippen LogP contribution < -0.4 is 5.46 Å². The number of carboxylic acid groups (broad SMARTS) is 1. The Balaban J connectivity index is 3.42. The van der Waals surface area contributed by atoms with Gasteiger partial charge in [0, 0.05) is 11.6 Å². The number of carbonyl (C=O) groups is 1. The lowest BCUT2D eigenvalue weighted by Gasteiger charge is -2.03. The topological polar surface area (TPSA) is 80.4 Å². The molecule has 0 heterocycles. The van der Waals surface area contributed by atoms with Crippen LogP contribution in [0.2, 0.25) is 0 Å². The van der Waals surface area contributed by atoms with E-state index in [-0.39, 0.29) is 16.7 Å². The van der Waals surface area contributed by atoms with Gasteiger partial charge in [0.05, 0.1) is 10.5 Å². The first-order valence-corrected chi connectivity index (χ1v) is 3.71. The van der Waals surface area contributed by atoms with Gasteiger partial charge >= 0.3 is 5.97 Å². The molecule has 0 fully saturated rings. The highest BCUT2D eigenvalue weighted by Crippen LogP contribution is 2.17. The van der Waals surface area contributed by atoms with Gasteiger partial charge in [-0.2, -0.15) is 0 Å². The molecule has 5 nitrogen and oxygen atoms in total. The standard InChI is InChI=1S/C8H6BNO4/c1-4-2-6(9)5(8(11)12)3-7(4)10(13)14/h2-3H,1H3,(H,11,12). The monoisotopic (exact) mass is 191 g/mol. The number of nitro groups is 1. The zero-order valence-corrected chi connectivity index (χ0v) is 7.35. The second-order valence-electron chi connectivity index (χ2n) is 2.79. The van der Waals surface area contributed by atoms with Crippen LogP contribution in [-0.2, 0) is 0 Å². The Morgan fingerprint density at radius 1 is 1.57 bits per heavy atom. The summed E-state index contributed by atoms with van der Waals surface area (Å²) in [7, 11) is 5.39. The lowest BCUT2D eigenvalue weighted by atomic mass is 9.88. The van der Waals surface area contributed by atoms with E-state index in [9.17, 15) is 14.9 Å². The summed E-state index contributed by atoms with van der Waals surface area (Å²) in [5.74, 6) is -1.27. The van der Waals surface area contributed by atoms with Gasteiger partial charge in [-0.3, -0.25) is 10.1 Å². The lowest BCUT2D eigenvalue weighted by molar-refractivity contribution is -0.385. The average Bonchev–Trinajstić information content (AvgIpc) is 2.02. The van der Waals surface area contributed by atoms with Gasteiger partial charge in [-0.05, 0) is 6.92 Å². The molecule has 1 aromatic carbocycles. The minimum Gasteiger partial charge on any atom is -0.478 e. The fourth-order valence-electron chi connectivity index (χ4n) is 1.10. The van der Waals surface area contributed by atoms with Crippen molar-refractivity contribution in [2.24, 2.45) is 0 Å². The summed E-state index contributed by atoms with van der Waals surface area (Å²) in [5.41, 5.74) is -0.114. The number of rotatable bonds is 2. The molecule has 1 aromatic rings. The number of hydrogen-bond acceptors (Lipinski definition) is 3. The van der Waals surface area contributed by atoms with E-state index in [1.54, 1.807) is 0 Å². The molecule has 0 saturated carbocycles. The fraction of sp³-hybridized carbons (Fsp3) is 0.125. The van der Waals surface area contributed by atoms with Gasteiger partial charge in [0.2, 0.25) is 0 Å². The molecule has 0 atom stereocenters. The van der Waals surface area contributed by atoms with Crippen LogP contribution in [0.15, 0.2) is 12.1 Å². The highest BCUT2D eigenvalue weighted by atomic mass is 16.6. The Morgan fingerprint density at radius 3 is 2.57 bits per heavy atom. The normalized spacial score (nSPS) is 9.79. The number of hydrogen-bond donors (Lipinski definition) is 1. The summed E-state index contributed by atoms with van der Waals surface area (Å²) >= 11 is 0. The molecule has 0 saturated heterocycles. The smallest absolute Gasteiger partial charge is 0.335 e. The first-order valence-electron chi connectivity index (χ1n) is 3.71. The second kappa shape index (κ2) is 3.49. The average molecular weight is 191 g/mol. The summed E-state index contributed by atoms with van der Waals surface area (Å²) in [6.45, 7) is 1.50. The van der Waals surface area contributed by atoms with E-state index in [0.29, 0.717) is 5.56 Å². The highest BCUT2D eigenvalue weighted by molar-refractivity contribution is 6.36. The van der Waals surface area contributed by atoms with Crippen LogP contribution in [0.1, 0.15) is 15.9 Å². The molecular weight excluding hydrogens is 185 g/mol. The van der Waals surface area contributed by atoms with E-state index in [2.05, 4.69) is 0 Å². The van der Waals surface area contributed by atoms with Crippen molar-refractivity contribution in [3.63, 3.8) is 0 Å². The van der Waals surface area contributed by atoms with Crippen LogP contribution in [0.25, 0.3) is 0 Å². The van der Waals surface area contributed by atoms with Crippen molar-refractivity contribution < 1.29 is 14.8 Å². The van der Waals surface area contributed by atoms with Crippen LogP contribution >= 0.6 is 0 Å². The summed E-state index contributed by atoms with van der Waals surface area (Å²) in [5, 5.41) is 19.1. The van der Waals surface area contributed by atoms with Crippen molar-refractivity contribution in [2.75, 3.05) is 0 Å². The Bertz CT molecular complexity index is 381. The third kappa shape index (κ3) is 1.73. The van der Waals surface area contributed by atoms with Crippen molar-refractivity contribution in [1.29, 1.82) is 0 Å². The zero-order valence-electron chi connectivity index (χ0n) is 7.35. The molecule has 0 aromatic heterocycles. The minimum atomic E-state index is -1.27. The Morgan fingerprint density at radius 2 is 2.14 bits per heavy atom. The first kappa shape index (κ1) is 10.2. The Hall–Kier alpha value is -1.85. The van der Waals surface area contributed by atoms with Gasteiger partial charge in [-0.25, -0.2) is 4.79 Å². The van der Waals surface area contributed by atoms with Crippen molar-refractivity contribution in [1.82, 2.24) is 0 Å². The number of nitro benzene ring substituents is 1. The maximum absolute atomic E-state index is 10.6. The van der Waals surface area contributed by atoms with Gasteiger partial charge < -0.3 is 5.11 Å². The van der Waals surface area contributed by atoms with Crippen molar-refractivity contribution in [2.45, 2.75) is 6.92 Å². The zero-order chi connectivity index (χ0) is 10.9. The molecule has 0 bridgehead atoms. The Labute approximate surface area is 80.9 Å². The maximum atomic E-state index is 10.6. The summed E-state index contributed by atoms with van der Waals surface area (Å²) < 4.78 is 0. The quantitative estimate of drug-likeness (QED) is 0.416. The van der Waals surface area contributed by atoms with E-state index in [1.807, 2.05) is 0 Å².